The summed E-state index contributed by atoms with van der Waals surface area (Å²) in [4.78, 5) is 27.7. The van der Waals surface area contributed by atoms with Gasteiger partial charge in [-0.15, -0.1) is 11.3 Å². The molecular weight excluding hydrogens is 654 g/mol. The molecule has 0 aliphatic carbocycles. The van der Waals surface area contributed by atoms with Gasteiger partial charge in [0.15, 0.2) is 0 Å². The molecule has 0 saturated carbocycles. The third-order valence-electron chi connectivity index (χ3n) is 7.17. The monoisotopic (exact) mass is 688 g/mol. The molecule has 1 amide bonds. The van der Waals surface area contributed by atoms with Crippen LogP contribution in [0.15, 0.2) is 53.6 Å². The summed E-state index contributed by atoms with van der Waals surface area (Å²) in [5.74, 6) is -2.63. The number of rotatable bonds is 8. The summed E-state index contributed by atoms with van der Waals surface area (Å²) in [6.45, 7) is 10.5. The van der Waals surface area contributed by atoms with Crippen molar-refractivity contribution in [3.05, 3.63) is 71.1 Å². The fraction of sp³-hybridized carbons (Fsp3) is 0.375. The quantitative estimate of drug-likeness (QED) is 0.196. The van der Waals surface area contributed by atoms with E-state index < -0.39 is 43.7 Å². The van der Waals surface area contributed by atoms with E-state index in [1.165, 1.54) is 23.5 Å². The molecule has 2 N–H and O–H groups in total. The minimum atomic E-state index is -4.68. The van der Waals surface area contributed by atoms with Crippen molar-refractivity contribution >= 4 is 39.1 Å². The number of nitrogens with zero attached hydrogens (tertiary/aromatic N) is 4. The smallest absolute Gasteiger partial charge is 0.410 e. The topological polar surface area (TPSA) is 126 Å². The Bertz CT molecular complexity index is 1890. The van der Waals surface area contributed by atoms with E-state index in [-0.39, 0.29) is 18.1 Å². The number of benzene rings is 2. The van der Waals surface area contributed by atoms with Gasteiger partial charge < -0.3 is 15.0 Å². The number of sulfonamides is 1. The number of hydrogen-bond acceptors (Lipinski definition) is 9. The summed E-state index contributed by atoms with van der Waals surface area (Å²) >= 11 is 1.39. The molecule has 10 nitrogen and oxygen atoms in total. The summed E-state index contributed by atoms with van der Waals surface area (Å²) in [6.07, 6.45) is 2.61. The minimum absolute atomic E-state index is 0.0201. The van der Waals surface area contributed by atoms with Crippen molar-refractivity contribution < 1.29 is 31.1 Å². The van der Waals surface area contributed by atoms with E-state index in [4.69, 9.17) is 14.7 Å². The highest BCUT2D eigenvalue weighted by Gasteiger charge is 2.28. The molecule has 2 aromatic heterocycles. The van der Waals surface area contributed by atoms with Gasteiger partial charge in [0.25, 0.3) is 10.0 Å². The van der Waals surface area contributed by atoms with E-state index in [2.05, 4.69) is 10.3 Å². The third-order valence-corrected chi connectivity index (χ3v) is 9.93. The highest BCUT2D eigenvalue weighted by atomic mass is 32.2. The number of aromatic nitrogens is 3. The van der Waals surface area contributed by atoms with Crippen molar-refractivity contribution in [3.8, 4) is 21.8 Å². The minimum Gasteiger partial charge on any atom is -0.444 e. The van der Waals surface area contributed by atoms with Gasteiger partial charge in [-0.2, -0.15) is 0 Å². The zero-order valence-corrected chi connectivity index (χ0v) is 28.1. The van der Waals surface area contributed by atoms with Gasteiger partial charge in [0.1, 0.15) is 27.9 Å². The predicted molar refractivity (Wildman–Crippen MR) is 174 cm³/mol. The fourth-order valence-electron chi connectivity index (χ4n) is 4.86. The maximum atomic E-state index is 14.9. The molecule has 0 radical (unpaired) electrons. The van der Waals surface area contributed by atoms with E-state index in [1.807, 2.05) is 39.3 Å². The number of halogens is 3. The van der Waals surface area contributed by atoms with Crippen molar-refractivity contribution in [3.63, 3.8) is 0 Å². The molecule has 3 heterocycles. The van der Waals surface area contributed by atoms with Crippen molar-refractivity contribution in [1.82, 2.24) is 19.9 Å². The van der Waals surface area contributed by atoms with Crippen LogP contribution in [0.4, 0.5) is 29.6 Å². The van der Waals surface area contributed by atoms with E-state index >= 15 is 0 Å². The second-order valence-corrected chi connectivity index (χ2v) is 15.1. The summed E-state index contributed by atoms with van der Waals surface area (Å²) in [5.41, 5.74) is 0.327. The molecule has 5 rings (SSSR count). The Kier molecular flexibility index (Phi) is 9.78. The van der Waals surface area contributed by atoms with Crippen LogP contribution in [0.3, 0.4) is 0 Å². The van der Waals surface area contributed by atoms with Gasteiger partial charge in [0, 0.05) is 36.8 Å². The largest absolute Gasteiger partial charge is 0.444 e. The summed E-state index contributed by atoms with van der Waals surface area (Å²) in [6, 6.07) is 7.52. The first-order valence-electron chi connectivity index (χ1n) is 15.0. The van der Waals surface area contributed by atoms with Crippen LogP contribution in [0.5, 0.6) is 0 Å². The maximum Gasteiger partial charge on any atom is 0.410 e. The average molecular weight is 689 g/mol. The molecule has 1 aliphatic rings. The molecule has 0 bridgehead atoms. The zero-order valence-electron chi connectivity index (χ0n) is 26.5. The second-order valence-electron chi connectivity index (χ2n) is 12.4. The molecule has 250 valence electrons. The van der Waals surface area contributed by atoms with E-state index in [9.17, 15) is 26.4 Å². The number of ether oxygens (including phenoxy) is 1. The SMILES string of the molecule is CC(C)c1nc(-c2ccc(F)c(NS(=O)(=O)c3cc(F)ccc3F)c2)c(-c2ccnc(NC3CCN(C(=O)OC(C)(C)C)CC3)n2)s1. The lowest BCUT2D eigenvalue weighted by Gasteiger charge is -2.33. The summed E-state index contributed by atoms with van der Waals surface area (Å²) in [7, 11) is -4.68. The molecule has 15 heteroatoms. The fourth-order valence-corrected chi connectivity index (χ4v) is 7.07. The van der Waals surface area contributed by atoms with Gasteiger partial charge in [-0.25, -0.2) is 41.3 Å². The zero-order chi connectivity index (χ0) is 34.1. The standard InChI is InChI=1S/C32H35F3N6O4S2/c1-18(2)29-39-27(19-6-8-22(34)25(16-19)40-47(43,44)26-17-20(33)7-9-23(26)35)28(46-29)24-10-13-36-30(38-24)37-21-11-14-41(15-12-21)31(42)45-32(3,4)5/h6-10,13,16-18,21,40H,11-12,14-15H2,1-5H3,(H,36,37,38). The number of likely N-dealkylation sites (tertiary alicyclic amines) is 1. The van der Waals surface area contributed by atoms with Crippen LogP contribution in [0.2, 0.25) is 0 Å². The first-order chi connectivity index (χ1) is 22.1. The lowest BCUT2D eigenvalue weighted by Crippen LogP contribution is -2.44. The second kappa shape index (κ2) is 13.5. The first-order valence-corrected chi connectivity index (χ1v) is 17.3. The van der Waals surface area contributed by atoms with Crippen molar-refractivity contribution in [1.29, 1.82) is 0 Å². The van der Waals surface area contributed by atoms with E-state index in [0.29, 0.717) is 65.8 Å². The Hall–Kier alpha value is -4.24. The van der Waals surface area contributed by atoms with Crippen LogP contribution in [-0.2, 0) is 14.8 Å². The Morgan fingerprint density at radius 1 is 1.02 bits per heavy atom. The predicted octanol–water partition coefficient (Wildman–Crippen LogP) is 7.42. The van der Waals surface area contributed by atoms with Crippen LogP contribution in [0.25, 0.3) is 21.8 Å². The van der Waals surface area contributed by atoms with Gasteiger partial charge in [0.2, 0.25) is 5.95 Å². The summed E-state index contributed by atoms with van der Waals surface area (Å²) < 4.78 is 76.3. The Labute approximate surface area is 275 Å². The van der Waals surface area contributed by atoms with Gasteiger partial charge in [0.05, 0.1) is 27.0 Å². The number of nitrogens with one attached hydrogen (secondary N) is 2. The number of amides is 1. The molecule has 1 saturated heterocycles. The molecule has 1 fully saturated rings. The van der Waals surface area contributed by atoms with Crippen LogP contribution in [0.1, 0.15) is 58.4 Å². The van der Waals surface area contributed by atoms with Crippen LogP contribution >= 0.6 is 11.3 Å². The van der Waals surface area contributed by atoms with Crippen LogP contribution in [-0.4, -0.2) is 59.1 Å². The molecule has 0 atom stereocenters. The molecule has 1 aliphatic heterocycles. The number of hydrogen-bond donors (Lipinski definition) is 2. The molecule has 4 aromatic rings. The van der Waals surface area contributed by atoms with Gasteiger partial charge >= 0.3 is 6.09 Å². The Morgan fingerprint density at radius 3 is 2.40 bits per heavy atom. The normalized spacial score (nSPS) is 14.4. The number of piperidine rings is 1. The number of carbonyl (C=O) groups excluding carboxylic acids is 1. The molecular formula is C32H35F3N6O4S2. The van der Waals surface area contributed by atoms with Crippen molar-refractivity contribution in [2.45, 2.75) is 69.9 Å². The van der Waals surface area contributed by atoms with Gasteiger partial charge in [-0.05, 0) is 76.1 Å². The molecule has 2 aromatic carbocycles. The lowest BCUT2D eigenvalue weighted by atomic mass is 10.1. The number of carbonyl (C=O) groups is 1. The van der Waals surface area contributed by atoms with Gasteiger partial charge in [-0.3, -0.25) is 4.72 Å². The molecule has 47 heavy (non-hydrogen) atoms. The lowest BCUT2D eigenvalue weighted by molar-refractivity contribution is 0.0210. The first kappa shape index (κ1) is 34.1. The highest BCUT2D eigenvalue weighted by Crippen LogP contribution is 2.40. The van der Waals surface area contributed by atoms with Crippen molar-refractivity contribution in [2.75, 3.05) is 23.1 Å². The maximum absolute atomic E-state index is 14.9. The summed E-state index contributed by atoms with van der Waals surface area (Å²) in [5, 5.41) is 4.12. The van der Waals surface area contributed by atoms with E-state index in [1.54, 1.807) is 17.2 Å². The van der Waals surface area contributed by atoms with Crippen molar-refractivity contribution in [2.24, 2.45) is 0 Å². The molecule has 0 spiro atoms. The Balaban J connectivity index is 1.40. The third kappa shape index (κ3) is 8.19. The number of thiazole rings is 1. The van der Waals surface area contributed by atoms with E-state index in [0.717, 1.165) is 17.1 Å². The Morgan fingerprint density at radius 2 is 1.72 bits per heavy atom. The highest BCUT2D eigenvalue weighted by molar-refractivity contribution is 7.92. The van der Waals surface area contributed by atoms with Gasteiger partial charge in [-0.1, -0.05) is 13.8 Å². The average Bonchev–Trinajstić information content (AvgIpc) is 3.45. The molecule has 0 unspecified atom stereocenters. The van der Waals surface area contributed by atoms with Crippen LogP contribution < -0.4 is 10.0 Å². The number of anilines is 2. The van der Waals surface area contributed by atoms with Crippen LogP contribution in [0, 0.1) is 17.5 Å².